The Morgan fingerprint density at radius 3 is 2.05 bits per heavy atom. The van der Waals surface area contributed by atoms with Crippen LogP contribution in [0.3, 0.4) is 0 Å². The van der Waals surface area contributed by atoms with Gasteiger partial charge in [0, 0.05) is 18.7 Å². The molecule has 0 radical (unpaired) electrons. The molecule has 0 aromatic heterocycles. The fourth-order valence-corrected chi connectivity index (χ4v) is 4.05. The van der Waals surface area contributed by atoms with Crippen molar-refractivity contribution < 1.29 is 40.9 Å². The molecule has 0 saturated heterocycles. The van der Waals surface area contributed by atoms with E-state index >= 15 is 0 Å². The largest absolute Gasteiger partial charge is 0.451 e. The first-order chi connectivity index (χ1) is 19.0. The summed E-state index contributed by atoms with van der Waals surface area (Å²) in [5, 5.41) is 0. The van der Waals surface area contributed by atoms with Crippen LogP contribution in [0.4, 0.5) is 8.78 Å². The molecule has 0 aliphatic rings. The third-order valence-electron chi connectivity index (χ3n) is 4.87. The van der Waals surface area contributed by atoms with Gasteiger partial charge in [-0.15, -0.1) is 0 Å². The fraction of sp³-hybridized carbons (Fsp3) is 0.360. The number of nitrogens with zero attached hydrogens (tertiary/aromatic N) is 1. The number of benzene rings is 2. The summed E-state index contributed by atoms with van der Waals surface area (Å²) in [6.07, 6.45) is 1.21. The maximum atomic E-state index is 14.6. The molecular weight excluding hydrogens is 552 g/mol. The number of guanidine groups is 1. The number of nitrogens with one attached hydrogen (secondary N) is 1. The molecule has 2 aromatic rings. The average molecular weight is 586 g/mol. The van der Waals surface area contributed by atoms with E-state index in [0.717, 1.165) is 12.1 Å². The van der Waals surface area contributed by atoms with Gasteiger partial charge in [-0.1, -0.05) is 0 Å². The molecule has 40 heavy (non-hydrogen) atoms. The lowest BCUT2D eigenvalue weighted by molar-refractivity contribution is -0.114. The molecule has 220 valence electrons. The number of hydrogen-bond acceptors (Lipinski definition) is 8. The van der Waals surface area contributed by atoms with E-state index in [1.165, 1.54) is 37.3 Å². The van der Waals surface area contributed by atoms with Crippen molar-refractivity contribution in [2.45, 2.75) is 11.8 Å². The van der Waals surface area contributed by atoms with Gasteiger partial charge in [0.2, 0.25) is 10.0 Å². The minimum atomic E-state index is -3.86. The number of carbonyl (C=O) groups excluding carboxylic acids is 1. The van der Waals surface area contributed by atoms with Crippen LogP contribution in [0, 0.1) is 11.6 Å². The van der Waals surface area contributed by atoms with Gasteiger partial charge >= 0.3 is 0 Å². The summed E-state index contributed by atoms with van der Waals surface area (Å²) in [7, 11) is -3.86. The molecular formula is C25H33F2N5O7S. The smallest absolute Gasteiger partial charge is 0.275 e. The van der Waals surface area contributed by atoms with Crippen molar-refractivity contribution in [1.29, 1.82) is 0 Å². The van der Waals surface area contributed by atoms with Crippen molar-refractivity contribution in [3.63, 3.8) is 0 Å². The maximum absolute atomic E-state index is 14.6. The van der Waals surface area contributed by atoms with Gasteiger partial charge in [0.25, 0.3) is 5.91 Å². The van der Waals surface area contributed by atoms with E-state index in [9.17, 15) is 22.0 Å². The van der Waals surface area contributed by atoms with Crippen molar-refractivity contribution in [2.24, 2.45) is 22.2 Å². The molecule has 2 aromatic carbocycles. The SMILES string of the molecule is CC(=Cc1cc(F)c(Oc2ccc(S(=O)(=O)NCCOCCOCCOCCN)cc2)c(F)c1)C(=O)N=C(N)N. The van der Waals surface area contributed by atoms with Gasteiger partial charge in [-0.2, -0.15) is 4.99 Å². The zero-order valence-electron chi connectivity index (χ0n) is 21.9. The van der Waals surface area contributed by atoms with Gasteiger partial charge in [0.15, 0.2) is 23.3 Å². The molecule has 2 rings (SSSR count). The number of hydrogen-bond donors (Lipinski definition) is 4. The standard InChI is InChI=1S/C25H33F2N5O7S/c1-17(24(33)32-25(29)30)14-18-15-21(26)23(22(27)16-18)39-19-2-4-20(5-3-19)40(34,35)31-7-9-37-11-13-38-12-10-36-8-6-28/h2-5,14-16,31H,6-13,28H2,1H3,(H4,29,30,32,33). The Balaban J connectivity index is 1.88. The van der Waals surface area contributed by atoms with Crippen molar-refractivity contribution in [2.75, 3.05) is 52.7 Å². The Hall–Kier alpha value is -3.47. The van der Waals surface area contributed by atoms with Gasteiger partial charge < -0.3 is 36.1 Å². The first-order valence-electron chi connectivity index (χ1n) is 12.1. The van der Waals surface area contributed by atoms with E-state index in [0.29, 0.717) is 33.0 Å². The lowest BCUT2D eigenvalue weighted by Gasteiger charge is -2.11. The van der Waals surface area contributed by atoms with Gasteiger partial charge in [0.1, 0.15) is 5.75 Å². The lowest BCUT2D eigenvalue weighted by atomic mass is 10.1. The van der Waals surface area contributed by atoms with E-state index in [-0.39, 0.29) is 41.5 Å². The average Bonchev–Trinajstić information content (AvgIpc) is 2.89. The van der Waals surface area contributed by atoms with Crippen molar-refractivity contribution in [1.82, 2.24) is 4.72 Å². The molecule has 0 unspecified atom stereocenters. The van der Waals surface area contributed by atoms with E-state index in [1.54, 1.807) is 0 Å². The molecule has 0 atom stereocenters. The molecule has 0 bridgehead atoms. The van der Waals surface area contributed by atoms with Crippen LogP contribution in [0.2, 0.25) is 0 Å². The van der Waals surface area contributed by atoms with Crippen LogP contribution in [0.25, 0.3) is 6.08 Å². The van der Waals surface area contributed by atoms with Gasteiger partial charge in [-0.3, -0.25) is 4.79 Å². The molecule has 7 N–H and O–H groups in total. The number of halogens is 2. The normalized spacial score (nSPS) is 11.8. The van der Waals surface area contributed by atoms with Gasteiger partial charge in [-0.05, 0) is 55.0 Å². The highest BCUT2D eigenvalue weighted by Gasteiger charge is 2.16. The second-order valence-corrected chi connectivity index (χ2v) is 9.85. The van der Waals surface area contributed by atoms with Crippen LogP contribution in [0.15, 0.2) is 51.9 Å². The lowest BCUT2D eigenvalue weighted by Crippen LogP contribution is -2.27. The number of ether oxygens (including phenoxy) is 4. The van der Waals surface area contributed by atoms with Crippen LogP contribution < -0.4 is 26.7 Å². The quantitative estimate of drug-likeness (QED) is 0.0909. The van der Waals surface area contributed by atoms with Crippen LogP contribution in [-0.4, -0.2) is 73.0 Å². The summed E-state index contributed by atoms with van der Waals surface area (Å²) in [5.74, 6) is -4.00. The van der Waals surface area contributed by atoms with E-state index < -0.39 is 39.3 Å². The van der Waals surface area contributed by atoms with E-state index in [2.05, 4.69) is 9.71 Å². The summed E-state index contributed by atoms with van der Waals surface area (Å²) < 4.78 is 77.6. The number of aliphatic imine (C=N–C) groups is 1. The van der Waals surface area contributed by atoms with Crippen LogP contribution in [-0.2, 0) is 29.0 Å². The Morgan fingerprint density at radius 2 is 1.50 bits per heavy atom. The van der Waals surface area contributed by atoms with Crippen LogP contribution >= 0.6 is 0 Å². The molecule has 1 amide bonds. The Kier molecular flexibility index (Phi) is 13.6. The molecule has 0 aliphatic heterocycles. The van der Waals surface area contributed by atoms with Crippen molar-refractivity contribution in [3.05, 3.63) is 59.2 Å². The summed E-state index contributed by atoms with van der Waals surface area (Å²) in [6.45, 7) is 3.89. The van der Waals surface area contributed by atoms with E-state index in [1.807, 2.05) is 0 Å². The third kappa shape index (κ3) is 11.3. The minimum absolute atomic E-state index is 0.00378. The molecule has 15 heteroatoms. The Labute approximate surface area is 231 Å². The molecule has 0 fully saturated rings. The number of nitrogens with two attached hydrogens (primary N) is 3. The predicted octanol–water partition coefficient (Wildman–Crippen LogP) is 1.25. The summed E-state index contributed by atoms with van der Waals surface area (Å²) in [5.41, 5.74) is 15.7. The first-order valence-corrected chi connectivity index (χ1v) is 13.5. The van der Waals surface area contributed by atoms with Crippen LogP contribution in [0.5, 0.6) is 11.5 Å². The summed E-state index contributed by atoms with van der Waals surface area (Å²) in [6, 6.07) is 6.88. The van der Waals surface area contributed by atoms with Crippen molar-refractivity contribution >= 4 is 28.0 Å². The van der Waals surface area contributed by atoms with Crippen molar-refractivity contribution in [3.8, 4) is 11.5 Å². The summed E-state index contributed by atoms with van der Waals surface area (Å²) in [4.78, 5) is 15.1. The molecule has 0 saturated carbocycles. The second-order valence-electron chi connectivity index (χ2n) is 8.08. The third-order valence-corrected chi connectivity index (χ3v) is 6.35. The zero-order valence-corrected chi connectivity index (χ0v) is 22.7. The molecule has 0 spiro atoms. The highest BCUT2D eigenvalue weighted by atomic mass is 32.2. The monoisotopic (exact) mass is 585 g/mol. The predicted molar refractivity (Wildman–Crippen MR) is 144 cm³/mol. The molecule has 0 heterocycles. The highest BCUT2D eigenvalue weighted by Crippen LogP contribution is 2.30. The summed E-state index contributed by atoms with van der Waals surface area (Å²) >= 11 is 0. The second kappa shape index (κ2) is 16.6. The molecule has 12 nitrogen and oxygen atoms in total. The number of carbonyl (C=O) groups is 1. The minimum Gasteiger partial charge on any atom is -0.451 e. The number of sulfonamides is 1. The van der Waals surface area contributed by atoms with Gasteiger partial charge in [-0.25, -0.2) is 21.9 Å². The van der Waals surface area contributed by atoms with Crippen LogP contribution in [0.1, 0.15) is 12.5 Å². The molecule has 0 aliphatic carbocycles. The Morgan fingerprint density at radius 1 is 0.950 bits per heavy atom. The zero-order chi connectivity index (χ0) is 29.5. The first kappa shape index (κ1) is 32.7. The van der Waals surface area contributed by atoms with Gasteiger partial charge in [0.05, 0.1) is 44.5 Å². The van der Waals surface area contributed by atoms with E-state index in [4.69, 9.17) is 36.1 Å². The fourth-order valence-electron chi connectivity index (χ4n) is 3.04. The highest BCUT2D eigenvalue weighted by molar-refractivity contribution is 7.89. The number of rotatable bonds is 17. The topological polar surface area (TPSA) is 191 Å². The maximum Gasteiger partial charge on any atom is 0.275 e. The number of amides is 1. The Bertz CT molecular complexity index is 1260.